The quantitative estimate of drug-likeness (QED) is 0.414. The van der Waals surface area contributed by atoms with Crippen molar-refractivity contribution in [2.45, 2.75) is 6.54 Å². The zero-order valence-corrected chi connectivity index (χ0v) is 18.8. The molecule has 4 heterocycles. The lowest BCUT2D eigenvalue weighted by Gasteiger charge is -2.31. The van der Waals surface area contributed by atoms with Gasteiger partial charge in [0, 0.05) is 62.1 Å². The van der Waals surface area contributed by atoms with Crippen LogP contribution < -0.4 is 15.5 Å². The highest BCUT2D eigenvalue weighted by Gasteiger charge is 2.20. The van der Waals surface area contributed by atoms with Crippen molar-refractivity contribution < 1.29 is 0 Å². The first kappa shape index (κ1) is 20.4. The first-order chi connectivity index (χ1) is 16.8. The van der Waals surface area contributed by atoms with Crippen molar-refractivity contribution in [2.24, 2.45) is 0 Å². The van der Waals surface area contributed by atoms with Gasteiger partial charge >= 0.3 is 0 Å². The molecule has 0 spiro atoms. The largest absolute Gasteiger partial charge is 0.366 e. The van der Waals surface area contributed by atoms with Crippen molar-refractivity contribution in [3.05, 3.63) is 97.1 Å². The number of rotatable bonds is 5. The van der Waals surface area contributed by atoms with Crippen LogP contribution in [0.3, 0.4) is 0 Å². The number of nitrogens with one attached hydrogen (secondary N) is 2. The van der Waals surface area contributed by atoms with E-state index in [9.17, 15) is 0 Å². The summed E-state index contributed by atoms with van der Waals surface area (Å²) in [5.41, 5.74) is 4.94. The highest BCUT2D eigenvalue weighted by molar-refractivity contribution is 5.85. The topological polar surface area (TPSA) is 70.4 Å². The van der Waals surface area contributed by atoms with E-state index in [0.29, 0.717) is 6.54 Å². The monoisotopic (exact) mass is 447 g/mol. The van der Waals surface area contributed by atoms with Crippen molar-refractivity contribution >= 4 is 28.2 Å². The molecule has 1 aliphatic rings. The lowest BCUT2D eigenvalue weighted by Crippen LogP contribution is -2.42. The molecule has 7 heteroatoms. The van der Waals surface area contributed by atoms with Crippen LogP contribution in [0.1, 0.15) is 5.56 Å². The Hall–Kier alpha value is -4.23. The maximum atomic E-state index is 5.02. The van der Waals surface area contributed by atoms with E-state index in [-0.39, 0.29) is 0 Å². The average Bonchev–Trinajstić information content (AvgIpc) is 3.36. The van der Waals surface area contributed by atoms with E-state index in [2.05, 4.69) is 74.5 Å². The lowest BCUT2D eigenvalue weighted by atomic mass is 10.0. The molecule has 0 atom stereocenters. The van der Waals surface area contributed by atoms with Crippen LogP contribution in [0.25, 0.3) is 27.7 Å². The molecule has 0 saturated carbocycles. The molecule has 168 valence electrons. The molecule has 1 fully saturated rings. The molecular formula is C27H25N7. The predicted octanol–water partition coefficient (Wildman–Crippen LogP) is 4.48. The lowest BCUT2D eigenvalue weighted by molar-refractivity contribution is 0.636. The van der Waals surface area contributed by atoms with Gasteiger partial charge in [-0.25, -0.2) is 15.0 Å². The molecule has 5 aromatic rings. The van der Waals surface area contributed by atoms with Crippen LogP contribution in [0, 0.1) is 0 Å². The van der Waals surface area contributed by atoms with Crippen LogP contribution in [-0.4, -0.2) is 39.0 Å². The summed E-state index contributed by atoms with van der Waals surface area (Å²) in [5.74, 6) is 1.64. The number of hydrogen-bond donors (Lipinski definition) is 2. The molecular weight excluding hydrogens is 422 g/mol. The minimum atomic E-state index is 0.691. The summed E-state index contributed by atoms with van der Waals surface area (Å²) < 4.78 is 2.01. The normalized spacial score (nSPS) is 14.1. The van der Waals surface area contributed by atoms with Crippen LogP contribution in [-0.2, 0) is 6.54 Å². The summed E-state index contributed by atoms with van der Waals surface area (Å²) in [7, 11) is 0. The molecule has 0 radical (unpaired) electrons. The fraction of sp³-hybridized carbons (Fsp3) is 0.148. The summed E-state index contributed by atoms with van der Waals surface area (Å²) in [6.07, 6.45) is 5.57. The Bertz CT molecular complexity index is 1500. The molecule has 0 bridgehead atoms. The Morgan fingerprint density at radius 3 is 2.85 bits per heavy atom. The van der Waals surface area contributed by atoms with Crippen molar-refractivity contribution in [1.82, 2.24) is 24.7 Å². The maximum Gasteiger partial charge on any atom is 0.216 e. The van der Waals surface area contributed by atoms with Gasteiger partial charge in [0.15, 0.2) is 0 Å². The molecule has 1 aliphatic heterocycles. The minimum Gasteiger partial charge on any atom is -0.366 e. The van der Waals surface area contributed by atoms with Gasteiger partial charge in [-0.3, -0.25) is 4.40 Å². The number of nitrogens with zero attached hydrogens (tertiary/aromatic N) is 5. The van der Waals surface area contributed by atoms with Gasteiger partial charge in [0.25, 0.3) is 0 Å². The number of pyridine rings is 1. The van der Waals surface area contributed by atoms with Gasteiger partial charge in [0.05, 0.1) is 5.69 Å². The second-order valence-corrected chi connectivity index (χ2v) is 8.41. The van der Waals surface area contributed by atoms with Gasteiger partial charge in [-0.2, -0.15) is 0 Å². The predicted molar refractivity (Wildman–Crippen MR) is 137 cm³/mol. The fourth-order valence-corrected chi connectivity index (χ4v) is 4.48. The Balaban J connectivity index is 1.32. The van der Waals surface area contributed by atoms with E-state index in [1.54, 1.807) is 6.20 Å². The highest BCUT2D eigenvalue weighted by atomic mass is 15.3. The summed E-state index contributed by atoms with van der Waals surface area (Å²) in [5, 5.41) is 9.34. The third-order valence-electron chi connectivity index (χ3n) is 6.23. The van der Waals surface area contributed by atoms with E-state index in [4.69, 9.17) is 4.98 Å². The third kappa shape index (κ3) is 3.76. The van der Waals surface area contributed by atoms with E-state index in [1.807, 2.05) is 35.0 Å². The molecule has 0 amide bonds. The van der Waals surface area contributed by atoms with Gasteiger partial charge in [-0.15, -0.1) is 0 Å². The zero-order valence-electron chi connectivity index (χ0n) is 18.8. The number of aromatic nitrogens is 4. The Morgan fingerprint density at radius 2 is 1.91 bits per heavy atom. The number of piperazine rings is 1. The fourth-order valence-electron chi connectivity index (χ4n) is 4.48. The molecule has 0 aliphatic carbocycles. The van der Waals surface area contributed by atoms with Crippen molar-refractivity contribution in [2.75, 3.05) is 29.9 Å². The minimum absolute atomic E-state index is 0.691. The zero-order chi connectivity index (χ0) is 22.9. The number of hydrogen-bond acceptors (Lipinski definition) is 6. The number of anilines is 2. The first-order valence-electron chi connectivity index (χ1n) is 11.4. The SMILES string of the molecule is C=C1CNCCN1c1nc(-c2ccnc(NCc3cccc4ccccc34)c2)cc2nccn12. The van der Waals surface area contributed by atoms with Crippen LogP contribution in [0.15, 0.2) is 91.5 Å². The number of benzene rings is 2. The maximum absolute atomic E-state index is 5.02. The smallest absolute Gasteiger partial charge is 0.216 e. The number of imidazole rings is 1. The molecule has 7 nitrogen and oxygen atoms in total. The van der Waals surface area contributed by atoms with Gasteiger partial charge in [0.1, 0.15) is 11.5 Å². The second kappa shape index (κ2) is 8.61. The Labute approximate surface area is 197 Å². The molecule has 2 N–H and O–H groups in total. The third-order valence-corrected chi connectivity index (χ3v) is 6.23. The summed E-state index contributed by atoms with van der Waals surface area (Å²) in [4.78, 5) is 16.3. The summed E-state index contributed by atoms with van der Waals surface area (Å²) >= 11 is 0. The Kier molecular flexibility index (Phi) is 5.16. The average molecular weight is 448 g/mol. The molecule has 34 heavy (non-hydrogen) atoms. The molecule has 6 rings (SSSR count). The van der Waals surface area contributed by atoms with Crippen molar-refractivity contribution in [3.8, 4) is 11.3 Å². The van der Waals surface area contributed by atoms with Gasteiger partial charge < -0.3 is 15.5 Å². The van der Waals surface area contributed by atoms with Crippen LogP contribution in [0.4, 0.5) is 11.8 Å². The van der Waals surface area contributed by atoms with E-state index >= 15 is 0 Å². The standard InChI is InChI=1S/C27H25N7/c1-19-17-28-11-13-33(19)27-32-24(16-26-30-12-14-34(26)27)21-9-10-29-25(15-21)31-18-22-7-4-6-20-5-2-3-8-23(20)22/h2-10,12,14-16,28H,1,11,13,17-18H2,(H,29,31). The van der Waals surface area contributed by atoms with Crippen LogP contribution in [0.2, 0.25) is 0 Å². The van der Waals surface area contributed by atoms with Crippen molar-refractivity contribution in [3.63, 3.8) is 0 Å². The second-order valence-electron chi connectivity index (χ2n) is 8.41. The van der Waals surface area contributed by atoms with Crippen LogP contribution >= 0.6 is 0 Å². The van der Waals surface area contributed by atoms with Gasteiger partial charge in [-0.1, -0.05) is 49.0 Å². The van der Waals surface area contributed by atoms with E-state index in [0.717, 1.165) is 54.0 Å². The molecule has 3 aromatic heterocycles. The Morgan fingerprint density at radius 1 is 1.00 bits per heavy atom. The van der Waals surface area contributed by atoms with Crippen molar-refractivity contribution in [1.29, 1.82) is 0 Å². The highest BCUT2D eigenvalue weighted by Crippen LogP contribution is 2.27. The number of fused-ring (bicyclic) bond motifs is 2. The first-order valence-corrected chi connectivity index (χ1v) is 11.4. The summed E-state index contributed by atoms with van der Waals surface area (Å²) in [6, 6.07) is 20.9. The van der Waals surface area contributed by atoms with Gasteiger partial charge in [-0.05, 0) is 28.5 Å². The van der Waals surface area contributed by atoms with Crippen LogP contribution in [0.5, 0.6) is 0 Å². The van der Waals surface area contributed by atoms with E-state index in [1.165, 1.54) is 16.3 Å². The molecule has 1 saturated heterocycles. The van der Waals surface area contributed by atoms with E-state index < -0.39 is 0 Å². The van der Waals surface area contributed by atoms with Gasteiger partial charge in [0.2, 0.25) is 5.95 Å². The summed E-state index contributed by atoms with van der Waals surface area (Å²) in [6.45, 7) is 7.37. The molecule has 2 aromatic carbocycles. The molecule has 0 unspecified atom stereocenters.